The lowest BCUT2D eigenvalue weighted by Gasteiger charge is -2.33. The molecule has 8 heteroatoms. The van der Waals surface area contributed by atoms with Crippen LogP contribution in [-0.2, 0) is 17.0 Å². The van der Waals surface area contributed by atoms with Crippen molar-refractivity contribution in [3.05, 3.63) is 23.8 Å². The molecule has 1 aliphatic rings. The molecule has 1 aromatic rings. The van der Waals surface area contributed by atoms with Crippen molar-refractivity contribution in [2.24, 2.45) is 0 Å². The van der Waals surface area contributed by atoms with Crippen LogP contribution in [0.5, 0.6) is 5.75 Å². The van der Waals surface area contributed by atoms with Crippen LogP contribution in [0.2, 0.25) is 0 Å². The molecule has 2 rings (SSSR count). The van der Waals surface area contributed by atoms with Crippen LogP contribution in [0.1, 0.15) is 25.3 Å². The standard InChI is InChI=1S/C17H25F3N2O2S/c1-3-4-8-22-9-7-21-13(11-22)12-24-14-5-6-16(25(2)23)15(10-14)17(18,19)20/h5-6,10,13,21H,3-4,7-9,11-12H2,1-2H3. The van der Waals surface area contributed by atoms with Gasteiger partial charge in [0.1, 0.15) is 12.4 Å². The number of rotatable bonds is 7. The molecule has 2 unspecified atom stereocenters. The summed E-state index contributed by atoms with van der Waals surface area (Å²) in [6, 6.07) is 3.70. The smallest absolute Gasteiger partial charge is 0.417 e. The third kappa shape index (κ3) is 5.97. The van der Waals surface area contributed by atoms with Crippen LogP contribution >= 0.6 is 0 Å². The third-order valence-electron chi connectivity index (χ3n) is 4.18. The SMILES string of the molecule is CCCCN1CCNC(COc2ccc(S(C)=O)c(C(F)(F)F)c2)C1. The van der Waals surface area contributed by atoms with Gasteiger partial charge in [-0.1, -0.05) is 13.3 Å². The fourth-order valence-electron chi connectivity index (χ4n) is 2.86. The Kier molecular flexibility index (Phi) is 7.27. The van der Waals surface area contributed by atoms with Gasteiger partial charge in [-0.2, -0.15) is 13.2 Å². The number of hydrogen-bond donors (Lipinski definition) is 1. The van der Waals surface area contributed by atoms with E-state index in [4.69, 9.17) is 4.74 Å². The Balaban J connectivity index is 2.00. The first-order chi connectivity index (χ1) is 11.8. The van der Waals surface area contributed by atoms with Crippen LogP contribution in [-0.4, -0.2) is 54.2 Å². The van der Waals surface area contributed by atoms with Crippen molar-refractivity contribution < 1.29 is 22.1 Å². The zero-order valence-electron chi connectivity index (χ0n) is 14.6. The fourth-order valence-corrected chi connectivity index (χ4v) is 3.60. The maximum absolute atomic E-state index is 13.1. The summed E-state index contributed by atoms with van der Waals surface area (Å²) >= 11 is 0. The van der Waals surface area contributed by atoms with Gasteiger partial charge in [-0.15, -0.1) is 0 Å². The van der Waals surface area contributed by atoms with Gasteiger partial charge in [0.15, 0.2) is 0 Å². The van der Waals surface area contributed by atoms with Gasteiger partial charge in [0.2, 0.25) is 0 Å². The lowest BCUT2D eigenvalue weighted by atomic mass is 10.2. The molecule has 4 nitrogen and oxygen atoms in total. The van der Waals surface area contributed by atoms with Gasteiger partial charge >= 0.3 is 6.18 Å². The van der Waals surface area contributed by atoms with Crippen LogP contribution in [0.25, 0.3) is 0 Å². The molecule has 0 amide bonds. The van der Waals surface area contributed by atoms with Crippen molar-refractivity contribution in [2.75, 3.05) is 39.0 Å². The number of piperazine rings is 1. The first-order valence-corrected chi connectivity index (χ1v) is 10.00. The van der Waals surface area contributed by atoms with E-state index < -0.39 is 22.5 Å². The van der Waals surface area contributed by atoms with Gasteiger partial charge in [0.05, 0.1) is 27.3 Å². The molecule has 0 radical (unpaired) electrons. The van der Waals surface area contributed by atoms with Gasteiger partial charge < -0.3 is 15.0 Å². The van der Waals surface area contributed by atoms with Gasteiger partial charge in [-0.05, 0) is 31.2 Å². The molecular formula is C17H25F3N2O2S. The van der Waals surface area contributed by atoms with Crippen LogP contribution < -0.4 is 10.1 Å². The van der Waals surface area contributed by atoms with E-state index >= 15 is 0 Å². The number of ether oxygens (including phenoxy) is 1. The number of unbranched alkanes of at least 4 members (excludes halogenated alkanes) is 1. The minimum Gasteiger partial charge on any atom is -0.492 e. The molecule has 25 heavy (non-hydrogen) atoms. The van der Waals surface area contributed by atoms with Crippen molar-refractivity contribution in [1.29, 1.82) is 0 Å². The Morgan fingerprint density at radius 1 is 1.40 bits per heavy atom. The average Bonchev–Trinajstić information content (AvgIpc) is 2.57. The minimum absolute atomic E-state index is 0.0833. The van der Waals surface area contributed by atoms with Crippen molar-refractivity contribution >= 4 is 10.8 Å². The summed E-state index contributed by atoms with van der Waals surface area (Å²) in [6.45, 7) is 6.13. The van der Waals surface area contributed by atoms with E-state index in [1.165, 1.54) is 18.4 Å². The second kappa shape index (κ2) is 9.00. The second-order valence-electron chi connectivity index (χ2n) is 6.23. The van der Waals surface area contributed by atoms with Crippen LogP contribution in [0.15, 0.2) is 23.1 Å². The summed E-state index contributed by atoms with van der Waals surface area (Å²) in [5.74, 6) is 0.147. The van der Waals surface area contributed by atoms with Crippen LogP contribution in [0.3, 0.4) is 0 Å². The number of nitrogens with one attached hydrogen (secondary N) is 1. The maximum atomic E-state index is 13.1. The summed E-state index contributed by atoms with van der Waals surface area (Å²) in [5.41, 5.74) is -0.896. The Hall–Kier alpha value is -1.12. The number of halogens is 3. The highest BCUT2D eigenvalue weighted by Gasteiger charge is 2.35. The maximum Gasteiger partial charge on any atom is 0.417 e. The molecule has 1 heterocycles. The molecular weight excluding hydrogens is 353 g/mol. The van der Waals surface area contributed by atoms with Crippen molar-refractivity contribution in [2.45, 2.75) is 36.9 Å². The summed E-state index contributed by atoms with van der Waals surface area (Å²) in [7, 11) is -1.71. The van der Waals surface area contributed by atoms with Gasteiger partial charge in [-0.3, -0.25) is 4.21 Å². The molecule has 2 atom stereocenters. The van der Waals surface area contributed by atoms with E-state index in [0.29, 0.717) is 6.61 Å². The van der Waals surface area contributed by atoms with Gasteiger partial charge in [-0.25, -0.2) is 0 Å². The average molecular weight is 378 g/mol. The molecule has 1 N–H and O–H groups in total. The highest BCUT2D eigenvalue weighted by atomic mass is 32.2. The fraction of sp³-hybridized carbons (Fsp3) is 0.647. The molecule has 142 valence electrons. The monoisotopic (exact) mass is 378 g/mol. The summed E-state index contributed by atoms with van der Waals surface area (Å²) in [6.07, 6.45) is -1.04. The zero-order chi connectivity index (χ0) is 18.4. The number of alkyl halides is 3. The van der Waals surface area contributed by atoms with E-state index in [0.717, 1.165) is 45.1 Å². The predicted molar refractivity (Wildman–Crippen MR) is 92.4 cm³/mol. The van der Waals surface area contributed by atoms with E-state index in [2.05, 4.69) is 17.1 Å². The van der Waals surface area contributed by atoms with Crippen molar-refractivity contribution in [3.8, 4) is 5.75 Å². The second-order valence-corrected chi connectivity index (χ2v) is 7.57. The van der Waals surface area contributed by atoms with E-state index in [1.54, 1.807) is 0 Å². The summed E-state index contributed by atoms with van der Waals surface area (Å²) in [4.78, 5) is 2.12. The molecule has 1 aromatic carbocycles. The molecule has 1 saturated heterocycles. The van der Waals surface area contributed by atoms with E-state index in [1.807, 2.05) is 0 Å². The largest absolute Gasteiger partial charge is 0.492 e. The van der Waals surface area contributed by atoms with E-state index in [-0.39, 0.29) is 16.7 Å². The molecule has 1 fully saturated rings. The Labute approximate surface area is 149 Å². The van der Waals surface area contributed by atoms with Crippen molar-refractivity contribution in [1.82, 2.24) is 10.2 Å². The third-order valence-corrected chi connectivity index (χ3v) is 5.16. The molecule has 0 aliphatic carbocycles. The normalized spacial score (nSPS) is 20.4. The predicted octanol–water partition coefficient (Wildman–Crippen LogP) is 2.90. The molecule has 1 aliphatic heterocycles. The molecule has 0 spiro atoms. The Bertz CT molecular complexity index is 596. The number of benzene rings is 1. The first-order valence-electron chi connectivity index (χ1n) is 8.44. The molecule has 0 saturated carbocycles. The Morgan fingerprint density at radius 3 is 2.80 bits per heavy atom. The van der Waals surface area contributed by atoms with Gasteiger partial charge in [0, 0.05) is 25.9 Å². The number of nitrogens with zero attached hydrogens (tertiary/aromatic N) is 1. The zero-order valence-corrected chi connectivity index (χ0v) is 15.4. The highest BCUT2D eigenvalue weighted by molar-refractivity contribution is 7.84. The van der Waals surface area contributed by atoms with Crippen molar-refractivity contribution in [3.63, 3.8) is 0 Å². The lowest BCUT2D eigenvalue weighted by molar-refractivity contribution is -0.139. The minimum atomic E-state index is -4.56. The number of hydrogen-bond acceptors (Lipinski definition) is 4. The summed E-state index contributed by atoms with van der Waals surface area (Å²) in [5, 5.41) is 3.33. The molecule has 0 aromatic heterocycles. The summed E-state index contributed by atoms with van der Waals surface area (Å²) < 4.78 is 56.5. The Morgan fingerprint density at radius 2 is 2.16 bits per heavy atom. The van der Waals surface area contributed by atoms with Gasteiger partial charge in [0.25, 0.3) is 0 Å². The topological polar surface area (TPSA) is 41.6 Å². The lowest BCUT2D eigenvalue weighted by Crippen LogP contribution is -2.53. The van der Waals surface area contributed by atoms with Crippen LogP contribution in [0.4, 0.5) is 13.2 Å². The van der Waals surface area contributed by atoms with Crippen LogP contribution in [0, 0.1) is 0 Å². The first kappa shape index (κ1) is 20.2. The quantitative estimate of drug-likeness (QED) is 0.792. The molecule has 0 bridgehead atoms. The highest BCUT2D eigenvalue weighted by Crippen LogP contribution is 2.35. The van der Waals surface area contributed by atoms with E-state index in [9.17, 15) is 17.4 Å².